The number of rotatable bonds is 12. The van der Waals surface area contributed by atoms with Gasteiger partial charge in [-0.3, -0.25) is 30.3 Å². The Morgan fingerprint density at radius 1 is 0.398 bits per heavy atom. The van der Waals surface area contributed by atoms with Crippen molar-refractivity contribution in [2.75, 3.05) is 16.0 Å². The third-order valence-corrected chi connectivity index (χ3v) is 14.0. The van der Waals surface area contributed by atoms with Crippen molar-refractivity contribution < 1.29 is 85.9 Å². The first-order valence-corrected chi connectivity index (χ1v) is 29.6. The Labute approximate surface area is 463 Å². The molecule has 0 aliphatic carbocycles. The van der Waals surface area contributed by atoms with Crippen LogP contribution in [0.15, 0.2) is 161 Å². The predicted octanol–water partition coefficient (Wildman–Crippen LogP) is 18.3. The molecular formula is C46H43F15N12O6S4. The highest BCUT2D eigenvalue weighted by atomic mass is 32.5. The van der Waals surface area contributed by atoms with Crippen LogP contribution in [-0.4, -0.2) is 63.3 Å². The number of pyridine rings is 1. The molecule has 37 heteroatoms. The number of anilines is 3. The Hall–Kier alpha value is -8.58. The zero-order valence-corrected chi connectivity index (χ0v) is 46.2. The zero-order chi connectivity index (χ0) is 62.5. The number of aromatic nitrogens is 9. The minimum Gasteiger partial charge on any atom is -0.403 e. The first kappa shape index (κ1) is 66.9. The Bertz CT molecular complexity index is 3470. The van der Waals surface area contributed by atoms with E-state index in [4.69, 9.17) is 13.3 Å². The normalized spacial score (nSPS) is 13.6. The number of benzene rings is 3. The fourth-order valence-electron chi connectivity index (χ4n) is 5.42. The van der Waals surface area contributed by atoms with Crippen molar-refractivity contribution in [2.45, 2.75) is 55.7 Å². The highest BCUT2D eigenvalue weighted by molar-refractivity contribution is 8.47. The van der Waals surface area contributed by atoms with Crippen LogP contribution < -0.4 is 16.0 Å². The molecule has 6 aromatic heterocycles. The van der Waals surface area contributed by atoms with Crippen molar-refractivity contribution in [3.05, 3.63) is 150 Å². The zero-order valence-electron chi connectivity index (χ0n) is 43.0. The van der Waals surface area contributed by atoms with E-state index in [2.05, 4.69) is 61.5 Å². The molecule has 0 atom stereocenters. The van der Waals surface area contributed by atoms with Crippen LogP contribution >= 0.6 is 42.0 Å². The Kier molecular flexibility index (Phi) is 18.8. The molecule has 0 saturated carbocycles. The van der Waals surface area contributed by atoms with Crippen molar-refractivity contribution in [3.63, 3.8) is 0 Å². The summed E-state index contributed by atoms with van der Waals surface area (Å²) in [6.07, 6.45) is 0.0659. The van der Waals surface area contributed by atoms with Gasteiger partial charge in [0.05, 0.1) is 22.8 Å². The number of halogens is 15. The first-order chi connectivity index (χ1) is 38.3. The number of nitrogens with one attached hydrogen (secondary N) is 3. The third kappa shape index (κ3) is 19.8. The summed E-state index contributed by atoms with van der Waals surface area (Å²) in [5, 5.41) is 25.7. The van der Waals surface area contributed by atoms with Gasteiger partial charge in [-0.2, -0.15) is 0 Å². The van der Waals surface area contributed by atoms with Crippen molar-refractivity contribution in [1.82, 2.24) is 45.5 Å². The lowest BCUT2D eigenvalue weighted by Crippen LogP contribution is -2.17. The van der Waals surface area contributed by atoms with E-state index in [-0.39, 0.29) is 71.6 Å². The molecule has 3 aromatic carbocycles. The minimum absolute atomic E-state index is 0.0414. The molecule has 0 radical (unpaired) electrons. The van der Waals surface area contributed by atoms with Crippen LogP contribution in [0.4, 0.5) is 76.3 Å². The van der Waals surface area contributed by atoms with E-state index in [9.17, 15) is 72.7 Å². The largest absolute Gasteiger partial charge is 0.403 e. The molecule has 0 spiro atoms. The molecule has 452 valence electrons. The highest BCUT2D eigenvalue weighted by Gasteiger charge is 2.68. The SMILES string of the molecule is CC.CC.CC.O=C(Nc1nnc(-c2ccccc2)o1)c1ccc(S(F)(F)(F)(F)F)nc1.O=C(Nc1nnc(-c2ccccc2)o1)c1ccc(S(F)(F)(F)(F)F)s1.O=C(Nc1nnc(-c2ccccc2)o1)c1ncc(S(F)(F)(F)(F)F)cn1. The van der Waals surface area contributed by atoms with Crippen LogP contribution in [0.25, 0.3) is 34.4 Å². The Balaban J connectivity index is 0.000000255. The second-order valence-corrected chi connectivity index (χ2v) is 23.3. The summed E-state index contributed by atoms with van der Waals surface area (Å²) in [5.41, 5.74) is 1.32. The molecule has 6 heterocycles. The van der Waals surface area contributed by atoms with Crippen LogP contribution in [0.1, 0.15) is 72.2 Å². The number of hydrogen-bond acceptors (Lipinski definition) is 16. The van der Waals surface area contributed by atoms with Crippen molar-refractivity contribution in [2.24, 2.45) is 0 Å². The molecule has 83 heavy (non-hydrogen) atoms. The van der Waals surface area contributed by atoms with E-state index in [0.29, 0.717) is 35.0 Å². The maximum atomic E-state index is 12.7. The predicted molar refractivity (Wildman–Crippen MR) is 282 cm³/mol. The number of amides is 3. The van der Waals surface area contributed by atoms with Gasteiger partial charge in [0.25, 0.3) is 17.7 Å². The van der Waals surface area contributed by atoms with Gasteiger partial charge in [-0.25, -0.2) is 15.0 Å². The van der Waals surface area contributed by atoms with Crippen LogP contribution in [0.5, 0.6) is 0 Å². The van der Waals surface area contributed by atoms with E-state index < -0.39 is 78.8 Å². The molecule has 3 amide bonds. The summed E-state index contributed by atoms with van der Waals surface area (Å²) in [6, 6.07) is 26.0. The minimum atomic E-state index is -9.90. The second kappa shape index (κ2) is 23.3. The third-order valence-electron chi connectivity index (χ3n) is 8.85. The van der Waals surface area contributed by atoms with E-state index in [1.165, 1.54) is 0 Å². The molecule has 0 bridgehead atoms. The summed E-state index contributed by atoms with van der Waals surface area (Å²) in [5.74, 6) is -3.64. The lowest BCUT2D eigenvalue weighted by molar-refractivity contribution is 0.100. The van der Waals surface area contributed by atoms with Gasteiger partial charge >= 0.3 is 48.7 Å². The van der Waals surface area contributed by atoms with Crippen molar-refractivity contribution >= 4 is 77.8 Å². The summed E-state index contributed by atoms with van der Waals surface area (Å²) >= 11 is -0.356. The number of carbonyl (C=O) groups is 3. The van der Waals surface area contributed by atoms with Gasteiger partial charge in [0.1, 0.15) is 4.90 Å². The van der Waals surface area contributed by atoms with E-state index in [1.807, 2.05) is 41.5 Å². The topological polar surface area (TPSA) is 243 Å². The van der Waals surface area contributed by atoms with E-state index >= 15 is 0 Å². The number of hydrogen-bond donors (Lipinski definition) is 3. The molecule has 0 unspecified atom stereocenters. The van der Waals surface area contributed by atoms with Gasteiger partial charge in [-0.05, 0) is 60.7 Å². The first-order valence-electron chi connectivity index (χ1n) is 23.0. The van der Waals surface area contributed by atoms with Crippen LogP contribution in [0, 0.1) is 0 Å². The molecule has 0 aliphatic rings. The van der Waals surface area contributed by atoms with E-state index in [0.717, 1.165) is 0 Å². The van der Waals surface area contributed by atoms with Crippen molar-refractivity contribution in [3.8, 4) is 34.4 Å². The molecule has 0 saturated heterocycles. The second-order valence-electron chi connectivity index (χ2n) is 14.9. The highest BCUT2D eigenvalue weighted by Crippen LogP contribution is 3.03. The lowest BCUT2D eigenvalue weighted by atomic mass is 10.2. The van der Waals surface area contributed by atoms with Gasteiger partial charge in [-0.1, -0.05) is 170 Å². The van der Waals surface area contributed by atoms with Crippen molar-refractivity contribution in [1.29, 1.82) is 0 Å². The quantitative estimate of drug-likeness (QED) is 0.0963. The van der Waals surface area contributed by atoms with Crippen LogP contribution in [-0.2, 0) is 0 Å². The maximum Gasteiger partial charge on any atom is 0.325 e. The Morgan fingerprint density at radius 3 is 1.10 bits per heavy atom. The average Bonchev–Trinajstić information content (AvgIpc) is 3.15. The molecule has 18 nitrogen and oxygen atoms in total. The summed E-state index contributed by atoms with van der Waals surface area (Å²) in [7, 11) is -29.6. The fraction of sp³-hybridized carbons (Fsp3) is 0.130. The Morgan fingerprint density at radius 2 is 0.771 bits per heavy atom. The van der Waals surface area contributed by atoms with Gasteiger partial charge in [0.15, 0.2) is 9.24 Å². The fourth-order valence-corrected chi connectivity index (χ4v) is 8.36. The summed E-state index contributed by atoms with van der Waals surface area (Å²) in [4.78, 5) is 41.5. The molecule has 0 aliphatic heterocycles. The smallest absolute Gasteiger partial charge is 0.325 e. The molecular weight excluding hydrogens is 1230 g/mol. The van der Waals surface area contributed by atoms with Gasteiger partial charge in [0.2, 0.25) is 23.5 Å². The van der Waals surface area contributed by atoms with Gasteiger partial charge < -0.3 is 13.3 Å². The number of carbonyl (C=O) groups excluding carboxylic acids is 3. The summed E-state index contributed by atoms with van der Waals surface area (Å²) < 4.78 is 203. The monoisotopic (exact) mass is 1270 g/mol. The summed E-state index contributed by atoms with van der Waals surface area (Å²) in [6.45, 7) is 12.0. The van der Waals surface area contributed by atoms with Crippen LogP contribution in [0.3, 0.4) is 0 Å². The maximum absolute atomic E-state index is 12.7. The lowest BCUT2D eigenvalue weighted by Gasteiger charge is -2.39. The molecule has 3 N–H and O–H groups in total. The van der Waals surface area contributed by atoms with E-state index in [1.54, 1.807) is 91.0 Å². The molecule has 0 fully saturated rings. The van der Waals surface area contributed by atoms with Crippen LogP contribution in [0.2, 0.25) is 0 Å². The molecule has 9 rings (SSSR count). The number of nitrogens with zero attached hydrogens (tertiary/aromatic N) is 9. The average molecular weight is 1270 g/mol. The van der Waals surface area contributed by atoms with Gasteiger partial charge in [-0.15, -0.1) is 26.6 Å². The standard InChI is InChI=1S/C14H9F5N4O2S.C13H8F5N5O2S.C13H8F5N3O2S2.3C2H6/c15-26(16,17,18,19)11-7-6-10(8-20-11)12(24)21-14-23-22-13(25-14)9-4-2-1-3-5-9;14-26(15,16,17,18)9-6-19-10(20-7-9)11(24)21-13-23-22-12(25-13)8-4-2-1-3-5-8;14-25(15,16,17,18)10-7-6-9(24-10)11(22)19-13-21-20-12(23-13)8-4-2-1-3-5-8;3*1-2/h1-8H,(H,21,23,24);1-7H,(H,21,23,24);1-7H,(H,19,21,22);3*1-2H3. The molecule has 9 aromatic rings. The van der Waals surface area contributed by atoms with Gasteiger partial charge in [0, 0.05) is 22.9 Å². The number of thiophene rings is 1.